The third-order valence-corrected chi connectivity index (χ3v) is 3.62. The molecule has 0 aliphatic carbocycles. The highest BCUT2D eigenvalue weighted by atomic mass is 19.4. The first-order valence-electron chi connectivity index (χ1n) is 6.59. The number of carbonyl (C=O) groups excluding carboxylic acids is 1. The van der Waals surface area contributed by atoms with Crippen LogP contribution in [0.4, 0.5) is 13.2 Å². The van der Waals surface area contributed by atoms with Crippen LogP contribution < -0.4 is 5.32 Å². The molecule has 0 spiro atoms. The topological polar surface area (TPSA) is 69.6 Å². The lowest BCUT2D eigenvalue weighted by atomic mass is 10.1. The highest BCUT2D eigenvalue weighted by molar-refractivity contribution is 5.94. The third-order valence-electron chi connectivity index (χ3n) is 3.62. The maximum Gasteiger partial charge on any atom is 0.416 e. The molecule has 0 radical (unpaired) electrons. The van der Waals surface area contributed by atoms with Gasteiger partial charge in [0.25, 0.3) is 5.91 Å². The van der Waals surface area contributed by atoms with Crippen molar-refractivity contribution in [1.29, 1.82) is 0 Å². The highest BCUT2D eigenvalue weighted by Gasteiger charge is 2.35. The number of amides is 1. The molecular weight excluding hydrogens is 301 g/mol. The van der Waals surface area contributed by atoms with E-state index in [4.69, 9.17) is 5.11 Å². The molecule has 0 bridgehead atoms. The number of likely N-dealkylation sites (tertiary alicyclic amines) is 1. The van der Waals surface area contributed by atoms with Gasteiger partial charge in [-0.2, -0.15) is 13.2 Å². The molecule has 0 unspecified atom stereocenters. The molecule has 22 heavy (non-hydrogen) atoms. The monoisotopic (exact) mass is 316 g/mol. The van der Waals surface area contributed by atoms with E-state index >= 15 is 0 Å². The lowest BCUT2D eigenvalue weighted by Gasteiger charge is -2.14. The molecule has 5 nitrogen and oxygen atoms in total. The second-order valence-corrected chi connectivity index (χ2v) is 5.28. The molecule has 1 heterocycles. The van der Waals surface area contributed by atoms with Crippen LogP contribution in [0.5, 0.6) is 0 Å². The van der Waals surface area contributed by atoms with Crippen molar-refractivity contribution in [3.05, 3.63) is 35.4 Å². The van der Waals surface area contributed by atoms with E-state index in [2.05, 4.69) is 5.32 Å². The molecule has 1 aliphatic heterocycles. The maximum atomic E-state index is 12.6. The predicted octanol–water partition coefficient (Wildman–Crippen LogP) is 1.59. The summed E-state index contributed by atoms with van der Waals surface area (Å²) in [6.07, 6.45) is -4.30. The van der Waals surface area contributed by atoms with Crippen LogP contribution in [0.15, 0.2) is 24.3 Å². The number of benzene rings is 1. The van der Waals surface area contributed by atoms with E-state index in [0.29, 0.717) is 6.54 Å². The van der Waals surface area contributed by atoms with Crippen molar-refractivity contribution >= 4 is 11.9 Å². The number of hydrogen-bond acceptors (Lipinski definition) is 3. The molecule has 1 aromatic carbocycles. The quantitative estimate of drug-likeness (QED) is 0.888. The van der Waals surface area contributed by atoms with E-state index in [1.54, 1.807) is 11.9 Å². The maximum absolute atomic E-state index is 12.6. The van der Waals surface area contributed by atoms with Crippen LogP contribution in [0.3, 0.4) is 0 Å². The van der Waals surface area contributed by atoms with Crippen LogP contribution in [0.2, 0.25) is 0 Å². The number of carboxylic acids is 1. The lowest BCUT2D eigenvalue weighted by molar-refractivity contribution is -0.141. The Morgan fingerprint density at radius 3 is 2.59 bits per heavy atom. The number of carboxylic acid groups (broad SMARTS) is 1. The Labute approximate surface area is 124 Å². The molecule has 120 valence electrons. The van der Waals surface area contributed by atoms with E-state index < -0.39 is 35.7 Å². The van der Waals surface area contributed by atoms with Crippen LogP contribution in [0.1, 0.15) is 22.3 Å². The van der Waals surface area contributed by atoms with Crippen molar-refractivity contribution in [3.63, 3.8) is 0 Å². The van der Waals surface area contributed by atoms with E-state index in [1.165, 1.54) is 12.1 Å². The number of hydrogen-bond donors (Lipinski definition) is 2. The zero-order valence-corrected chi connectivity index (χ0v) is 11.7. The Morgan fingerprint density at radius 1 is 1.36 bits per heavy atom. The summed E-state index contributed by atoms with van der Waals surface area (Å²) in [6, 6.07) is 3.01. The Balaban J connectivity index is 2.06. The summed E-state index contributed by atoms with van der Waals surface area (Å²) in [6.45, 7) is 0.335. The zero-order chi connectivity index (χ0) is 16.5. The fourth-order valence-corrected chi connectivity index (χ4v) is 2.50. The number of rotatable bonds is 3. The zero-order valence-electron chi connectivity index (χ0n) is 11.7. The van der Waals surface area contributed by atoms with E-state index in [0.717, 1.165) is 12.1 Å². The van der Waals surface area contributed by atoms with Gasteiger partial charge in [0, 0.05) is 18.2 Å². The second kappa shape index (κ2) is 5.96. The van der Waals surface area contributed by atoms with Crippen LogP contribution in [0, 0.1) is 0 Å². The average molecular weight is 316 g/mol. The average Bonchev–Trinajstić information content (AvgIpc) is 2.79. The number of nitrogens with zero attached hydrogens (tertiary/aromatic N) is 1. The molecule has 1 fully saturated rings. The van der Waals surface area contributed by atoms with Gasteiger partial charge in [-0.25, -0.2) is 0 Å². The smallest absolute Gasteiger partial charge is 0.416 e. The summed E-state index contributed by atoms with van der Waals surface area (Å²) < 4.78 is 37.9. The van der Waals surface area contributed by atoms with Crippen LogP contribution in [-0.4, -0.2) is 47.6 Å². The standard InChI is InChI=1S/C14H15F3N2O3/c1-19-7-10(6-11(19)13(21)22)18-12(20)8-3-2-4-9(5-8)14(15,16)17/h2-5,10-11H,6-7H2,1H3,(H,18,20)(H,21,22)/t10-,11-/m0/s1. The van der Waals surface area contributed by atoms with Gasteiger partial charge >= 0.3 is 12.1 Å². The number of carbonyl (C=O) groups is 2. The van der Waals surface area contributed by atoms with Crippen LogP contribution >= 0.6 is 0 Å². The van der Waals surface area contributed by atoms with Crippen molar-refractivity contribution in [3.8, 4) is 0 Å². The van der Waals surface area contributed by atoms with Gasteiger partial charge in [0.1, 0.15) is 6.04 Å². The molecule has 2 rings (SSSR count). The molecule has 1 amide bonds. The fraction of sp³-hybridized carbons (Fsp3) is 0.429. The lowest BCUT2D eigenvalue weighted by Crippen LogP contribution is -2.36. The molecule has 2 N–H and O–H groups in total. The van der Waals surface area contributed by atoms with Gasteiger partial charge in [0.2, 0.25) is 0 Å². The van der Waals surface area contributed by atoms with Crippen molar-refractivity contribution in [2.75, 3.05) is 13.6 Å². The van der Waals surface area contributed by atoms with E-state index in [1.807, 2.05) is 0 Å². The van der Waals surface area contributed by atoms with Gasteiger partial charge in [0.05, 0.1) is 5.56 Å². The van der Waals surface area contributed by atoms with Gasteiger partial charge in [-0.15, -0.1) is 0 Å². The largest absolute Gasteiger partial charge is 0.480 e. The van der Waals surface area contributed by atoms with Crippen molar-refractivity contribution in [2.45, 2.75) is 24.7 Å². The Kier molecular flexibility index (Phi) is 4.41. The summed E-state index contributed by atoms with van der Waals surface area (Å²) >= 11 is 0. The minimum atomic E-state index is -4.52. The van der Waals surface area contributed by atoms with Crippen molar-refractivity contribution < 1.29 is 27.9 Å². The van der Waals surface area contributed by atoms with Gasteiger partial charge in [0.15, 0.2) is 0 Å². The molecule has 0 aromatic heterocycles. The summed E-state index contributed by atoms with van der Waals surface area (Å²) in [7, 11) is 1.62. The Hall–Kier alpha value is -2.09. The molecule has 2 atom stereocenters. The minimum absolute atomic E-state index is 0.101. The molecule has 0 saturated carbocycles. The van der Waals surface area contributed by atoms with Gasteiger partial charge in [-0.3, -0.25) is 14.5 Å². The third kappa shape index (κ3) is 3.56. The summed E-state index contributed by atoms with van der Waals surface area (Å²) in [5.41, 5.74) is -0.997. The number of likely N-dealkylation sites (N-methyl/N-ethyl adjacent to an activating group) is 1. The second-order valence-electron chi connectivity index (χ2n) is 5.28. The number of alkyl halides is 3. The first kappa shape index (κ1) is 16.3. The molecule has 1 saturated heterocycles. The SMILES string of the molecule is CN1C[C@@H](NC(=O)c2cccc(C(F)(F)F)c2)C[C@H]1C(=O)O. The number of halogens is 3. The Bertz CT molecular complexity index is 589. The van der Waals surface area contributed by atoms with Crippen LogP contribution in [0.25, 0.3) is 0 Å². The molecule has 1 aromatic rings. The normalized spacial score (nSPS) is 22.5. The van der Waals surface area contributed by atoms with Gasteiger partial charge < -0.3 is 10.4 Å². The van der Waals surface area contributed by atoms with Gasteiger partial charge in [-0.1, -0.05) is 6.07 Å². The van der Waals surface area contributed by atoms with E-state index in [9.17, 15) is 22.8 Å². The predicted molar refractivity (Wildman–Crippen MR) is 71.4 cm³/mol. The van der Waals surface area contributed by atoms with E-state index in [-0.39, 0.29) is 12.0 Å². The molecule has 1 aliphatic rings. The first-order chi connectivity index (χ1) is 10.2. The number of aliphatic carboxylic acids is 1. The van der Waals surface area contributed by atoms with Crippen LogP contribution in [-0.2, 0) is 11.0 Å². The first-order valence-corrected chi connectivity index (χ1v) is 6.59. The van der Waals surface area contributed by atoms with Crippen molar-refractivity contribution in [2.24, 2.45) is 0 Å². The molecular formula is C14H15F3N2O3. The highest BCUT2D eigenvalue weighted by Crippen LogP contribution is 2.29. The van der Waals surface area contributed by atoms with Crippen molar-refractivity contribution in [1.82, 2.24) is 10.2 Å². The fourth-order valence-electron chi connectivity index (χ4n) is 2.50. The number of nitrogens with one attached hydrogen (secondary N) is 1. The minimum Gasteiger partial charge on any atom is -0.480 e. The summed E-state index contributed by atoms with van der Waals surface area (Å²) in [5.74, 6) is -1.63. The summed E-state index contributed by atoms with van der Waals surface area (Å²) in [4.78, 5) is 24.6. The summed E-state index contributed by atoms with van der Waals surface area (Å²) in [5, 5.41) is 11.6. The molecule has 8 heteroatoms. The Morgan fingerprint density at radius 2 is 2.05 bits per heavy atom. The van der Waals surface area contributed by atoms with Gasteiger partial charge in [-0.05, 0) is 31.7 Å².